The van der Waals surface area contributed by atoms with Gasteiger partial charge in [0.2, 0.25) is 0 Å². The summed E-state index contributed by atoms with van der Waals surface area (Å²) in [5.41, 5.74) is 18.8. The summed E-state index contributed by atoms with van der Waals surface area (Å²) < 4.78 is 0. The molecule has 0 aliphatic carbocycles. The topological polar surface area (TPSA) is 9.72 Å². The second-order valence-corrected chi connectivity index (χ2v) is 14.9. The lowest BCUT2D eigenvalue weighted by Crippen LogP contribution is -2.61. The first-order valence-corrected chi connectivity index (χ1v) is 20.0. The molecule has 2 aliphatic heterocycles. The number of benzene rings is 9. The Hall–Kier alpha value is -7.56. The summed E-state index contributed by atoms with van der Waals surface area (Å²) in [6.07, 6.45) is 0. The third-order valence-corrected chi connectivity index (χ3v) is 11.6. The van der Waals surface area contributed by atoms with E-state index in [0.717, 1.165) is 39.8 Å². The molecule has 2 heterocycles. The van der Waals surface area contributed by atoms with Gasteiger partial charge in [0.05, 0.1) is 11.4 Å². The molecule has 0 aromatic heterocycles. The minimum absolute atomic E-state index is 0.00799. The monoisotopic (exact) mass is 739 g/mol. The Balaban J connectivity index is 1.30. The van der Waals surface area contributed by atoms with Crippen molar-refractivity contribution in [2.45, 2.75) is 0 Å². The second-order valence-electron chi connectivity index (χ2n) is 14.9. The normalized spacial score (nSPS) is 12.4. The zero-order valence-electron chi connectivity index (χ0n) is 31.9. The molecule has 0 amide bonds. The molecular formula is C54H38BN3. The van der Waals surface area contributed by atoms with Crippen molar-refractivity contribution in [2.75, 3.05) is 14.7 Å². The zero-order chi connectivity index (χ0) is 38.4. The fraction of sp³-hybridized carbons (Fsp3) is 0. The van der Waals surface area contributed by atoms with Crippen LogP contribution in [0.5, 0.6) is 0 Å². The lowest BCUT2D eigenvalue weighted by Gasteiger charge is -2.45. The average molecular weight is 740 g/mol. The third kappa shape index (κ3) is 5.53. The van der Waals surface area contributed by atoms with E-state index in [1.807, 2.05) is 0 Å². The first kappa shape index (κ1) is 33.8. The summed E-state index contributed by atoms with van der Waals surface area (Å²) in [4.78, 5) is 7.45. The Kier molecular flexibility index (Phi) is 8.26. The van der Waals surface area contributed by atoms with Crippen LogP contribution in [0, 0.1) is 0 Å². The largest absolute Gasteiger partial charge is 0.311 e. The van der Waals surface area contributed by atoms with Crippen LogP contribution in [0.25, 0.3) is 22.3 Å². The number of hydrogen-bond acceptors (Lipinski definition) is 3. The van der Waals surface area contributed by atoms with Gasteiger partial charge in [-0.3, -0.25) is 0 Å². The molecule has 0 saturated carbocycles. The summed E-state index contributed by atoms with van der Waals surface area (Å²) in [5, 5.41) is 0. The van der Waals surface area contributed by atoms with E-state index in [0.29, 0.717) is 0 Å². The first-order valence-electron chi connectivity index (χ1n) is 20.0. The smallest absolute Gasteiger partial charge is 0.252 e. The van der Waals surface area contributed by atoms with E-state index in [4.69, 9.17) is 0 Å². The van der Waals surface area contributed by atoms with Gasteiger partial charge < -0.3 is 14.7 Å². The molecule has 0 N–H and O–H groups in total. The number of rotatable bonds is 7. The molecule has 0 bridgehead atoms. The summed E-state index contributed by atoms with van der Waals surface area (Å²) in [7, 11) is 0. The molecule has 0 saturated heterocycles. The van der Waals surface area contributed by atoms with Crippen molar-refractivity contribution in [3.63, 3.8) is 0 Å². The Morgan fingerprint density at radius 1 is 0.328 bits per heavy atom. The minimum Gasteiger partial charge on any atom is -0.311 e. The van der Waals surface area contributed by atoms with Gasteiger partial charge in [-0.2, -0.15) is 0 Å². The molecule has 0 spiro atoms. The van der Waals surface area contributed by atoms with E-state index in [2.05, 4.69) is 245 Å². The number of nitrogens with zero attached hydrogens (tertiary/aromatic N) is 3. The molecule has 0 unspecified atom stereocenters. The van der Waals surface area contributed by atoms with Crippen LogP contribution >= 0.6 is 0 Å². The fourth-order valence-electron chi connectivity index (χ4n) is 9.20. The van der Waals surface area contributed by atoms with Gasteiger partial charge >= 0.3 is 0 Å². The highest BCUT2D eigenvalue weighted by atomic mass is 15.2. The summed E-state index contributed by atoms with van der Waals surface area (Å²) in [5.74, 6) is 0. The van der Waals surface area contributed by atoms with Crippen molar-refractivity contribution in [1.82, 2.24) is 0 Å². The Morgan fingerprint density at radius 2 is 0.741 bits per heavy atom. The highest BCUT2D eigenvalue weighted by Crippen LogP contribution is 2.51. The highest BCUT2D eigenvalue weighted by Gasteiger charge is 2.44. The maximum Gasteiger partial charge on any atom is 0.252 e. The van der Waals surface area contributed by atoms with Crippen molar-refractivity contribution in [3.05, 3.63) is 231 Å². The van der Waals surface area contributed by atoms with Gasteiger partial charge in [0, 0.05) is 50.9 Å². The van der Waals surface area contributed by atoms with Crippen molar-refractivity contribution < 1.29 is 0 Å². The van der Waals surface area contributed by atoms with Crippen molar-refractivity contribution >= 4 is 74.3 Å². The van der Waals surface area contributed by atoms with E-state index in [-0.39, 0.29) is 6.71 Å². The molecule has 3 nitrogen and oxygen atoms in total. The summed E-state index contributed by atoms with van der Waals surface area (Å²) in [6, 6.07) is 83.7. The SMILES string of the molecule is c1ccc(-c2cccc(-c3ccccc3)c2N2c3ccccc3B3c4ccccc4N(c4ccccc4)c4cc(N(c5ccccc5)c5ccccc5)cc2c43)cc1. The van der Waals surface area contributed by atoms with Gasteiger partial charge in [-0.1, -0.05) is 170 Å². The lowest BCUT2D eigenvalue weighted by molar-refractivity contribution is 1.23. The molecule has 0 fully saturated rings. The molecule has 9 aromatic carbocycles. The number of hydrogen-bond donors (Lipinski definition) is 0. The van der Waals surface area contributed by atoms with E-state index in [1.54, 1.807) is 0 Å². The second kappa shape index (κ2) is 14.2. The Bertz CT molecular complexity index is 2800. The minimum atomic E-state index is 0.00799. The van der Waals surface area contributed by atoms with Crippen LogP contribution in [0.3, 0.4) is 0 Å². The lowest BCUT2D eigenvalue weighted by atomic mass is 9.33. The number of para-hydroxylation sites is 6. The van der Waals surface area contributed by atoms with Crippen molar-refractivity contribution in [2.24, 2.45) is 0 Å². The van der Waals surface area contributed by atoms with E-state index in [1.165, 1.54) is 50.0 Å². The standard InChI is InChI=1S/C54H38BN3/c1-6-21-39(22-7-1)45-31-20-32-46(40-23-8-2-9-24-40)54(45)58-50-36-19-17-34-48(50)55-47-33-16-18-35-49(47)57(43-29-14-5-15-30-43)51-37-44(38-52(58)53(51)55)56(41-25-10-3-11-26-41)42-27-12-4-13-28-42/h1-38H. The van der Waals surface area contributed by atoms with E-state index < -0.39 is 0 Å². The predicted octanol–water partition coefficient (Wildman–Crippen LogP) is 12.6. The zero-order valence-corrected chi connectivity index (χ0v) is 31.9. The quantitative estimate of drug-likeness (QED) is 0.151. The summed E-state index contributed by atoms with van der Waals surface area (Å²) >= 11 is 0. The predicted molar refractivity (Wildman–Crippen MR) is 246 cm³/mol. The van der Waals surface area contributed by atoms with Crippen LogP contribution < -0.4 is 31.1 Å². The van der Waals surface area contributed by atoms with Gasteiger partial charge in [0.1, 0.15) is 0 Å². The molecule has 9 aromatic rings. The number of fused-ring (bicyclic) bond motifs is 4. The van der Waals surface area contributed by atoms with Crippen molar-refractivity contribution in [3.8, 4) is 22.3 Å². The Labute approximate surface area is 340 Å². The van der Waals surface area contributed by atoms with Gasteiger partial charge in [-0.25, -0.2) is 0 Å². The summed E-state index contributed by atoms with van der Waals surface area (Å²) in [6.45, 7) is 0.00799. The van der Waals surface area contributed by atoms with Gasteiger partial charge in [-0.15, -0.1) is 0 Å². The molecule has 0 atom stereocenters. The van der Waals surface area contributed by atoms with Crippen molar-refractivity contribution in [1.29, 1.82) is 0 Å². The van der Waals surface area contributed by atoms with Crippen LogP contribution in [0.15, 0.2) is 231 Å². The fourth-order valence-corrected chi connectivity index (χ4v) is 9.20. The van der Waals surface area contributed by atoms with Crippen LogP contribution in [-0.4, -0.2) is 6.71 Å². The van der Waals surface area contributed by atoms with Gasteiger partial charge in [0.25, 0.3) is 6.71 Å². The first-order chi connectivity index (χ1) is 28.8. The maximum absolute atomic E-state index is 2.57. The van der Waals surface area contributed by atoms with Crippen LogP contribution in [0.1, 0.15) is 0 Å². The molecule has 11 rings (SSSR count). The van der Waals surface area contributed by atoms with Crippen LogP contribution in [0.2, 0.25) is 0 Å². The molecule has 4 heteroatoms. The van der Waals surface area contributed by atoms with Gasteiger partial charge in [-0.05, 0) is 88.2 Å². The molecular weight excluding hydrogens is 701 g/mol. The highest BCUT2D eigenvalue weighted by molar-refractivity contribution is 7.00. The Morgan fingerprint density at radius 3 is 1.26 bits per heavy atom. The van der Waals surface area contributed by atoms with E-state index in [9.17, 15) is 0 Å². The molecule has 58 heavy (non-hydrogen) atoms. The van der Waals surface area contributed by atoms with Crippen LogP contribution in [0.4, 0.5) is 51.2 Å². The third-order valence-electron chi connectivity index (χ3n) is 11.6. The number of anilines is 9. The van der Waals surface area contributed by atoms with Crippen LogP contribution in [-0.2, 0) is 0 Å². The maximum atomic E-state index is 2.57. The van der Waals surface area contributed by atoms with Gasteiger partial charge in [0.15, 0.2) is 0 Å². The van der Waals surface area contributed by atoms with E-state index >= 15 is 0 Å². The molecule has 2 aliphatic rings. The molecule has 272 valence electrons. The molecule has 0 radical (unpaired) electrons. The average Bonchev–Trinajstić information content (AvgIpc) is 3.30.